The molecule has 0 unspecified atom stereocenters. The van der Waals surface area contributed by atoms with Crippen molar-refractivity contribution in [2.75, 3.05) is 0 Å². The van der Waals surface area contributed by atoms with E-state index in [1.165, 1.54) is 4.90 Å². The second-order valence-electron chi connectivity index (χ2n) is 8.20. The molecule has 4 heterocycles. The van der Waals surface area contributed by atoms with E-state index in [2.05, 4.69) is 47.3 Å². The van der Waals surface area contributed by atoms with Gasteiger partial charge in [-0.25, -0.2) is 14.5 Å². The fourth-order valence-corrected chi connectivity index (χ4v) is 4.15. The number of aryl methyl sites for hydroxylation is 1. The van der Waals surface area contributed by atoms with Crippen molar-refractivity contribution in [3.05, 3.63) is 58.8 Å². The van der Waals surface area contributed by atoms with Crippen molar-refractivity contribution >= 4 is 28.5 Å². The Balaban J connectivity index is 1.57. The molecular weight excluding hydrogens is 380 g/mol. The zero-order chi connectivity index (χ0) is 21.2. The molecule has 0 radical (unpaired) electrons. The molecule has 152 valence electrons. The van der Waals surface area contributed by atoms with Crippen LogP contribution in [0, 0.1) is 19.8 Å². The van der Waals surface area contributed by atoms with E-state index in [1.807, 2.05) is 0 Å². The molecule has 0 bridgehead atoms. The molecule has 1 aliphatic heterocycles. The van der Waals surface area contributed by atoms with Gasteiger partial charge in [0.05, 0.1) is 23.1 Å². The van der Waals surface area contributed by atoms with Gasteiger partial charge in [-0.15, -0.1) is 5.10 Å². The maximum absolute atomic E-state index is 12.7. The molecule has 0 saturated carbocycles. The summed E-state index contributed by atoms with van der Waals surface area (Å²) >= 11 is 0. The highest BCUT2D eigenvalue weighted by Gasteiger charge is 2.36. The van der Waals surface area contributed by atoms with Crippen LogP contribution >= 0.6 is 0 Å². The molecule has 0 N–H and O–H groups in total. The van der Waals surface area contributed by atoms with Gasteiger partial charge in [0.2, 0.25) is 0 Å². The standard InChI is InChI=1S/C22H22N6O2/c1-12(2)9-26-14(4)13(3)18-19(26)23-11-28-20(18)24-17(25-28)10-27-21(29)15-7-5-6-8-16(15)22(27)30/h5-8,11-12H,9-10H2,1-4H3. The molecule has 0 atom stereocenters. The van der Waals surface area contributed by atoms with Crippen molar-refractivity contribution in [2.24, 2.45) is 5.92 Å². The van der Waals surface area contributed by atoms with Gasteiger partial charge in [0.1, 0.15) is 12.0 Å². The predicted molar refractivity (Wildman–Crippen MR) is 111 cm³/mol. The second-order valence-corrected chi connectivity index (χ2v) is 8.20. The molecule has 1 aliphatic rings. The average molecular weight is 402 g/mol. The van der Waals surface area contributed by atoms with Crippen molar-refractivity contribution in [1.82, 2.24) is 29.0 Å². The van der Waals surface area contributed by atoms with Crippen LogP contribution in [0.4, 0.5) is 0 Å². The largest absolute Gasteiger partial charge is 0.329 e. The number of imide groups is 1. The monoisotopic (exact) mass is 402 g/mol. The number of amides is 2. The van der Waals surface area contributed by atoms with E-state index in [9.17, 15) is 9.59 Å². The van der Waals surface area contributed by atoms with Crippen LogP contribution in [0.3, 0.4) is 0 Å². The summed E-state index contributed by atoms with van der Waals surface area (Å²) in [4.78, 5) is 35.9. The first kappa shape index (κ1) is 18.5. The lowest BCUT2D eigenvalue weighted by molar-refractivity contribution is 0.0638. The minimum Gasteiger partial charge on any atom is -0.329 e. The molecule has 8 heteroatoms. The summed E-state index contributed by atoms with van der Waals surface area (Å²) in [5, 5.41) is 5.44. The number of rotatable bonds is 4. The summed E-state index contributed by atoms with van der Waals surface area (Å²) in [6.45, 7) is 9.41. The van der Waals surface area contributed by atoms with Crippen molar-refractivity contribution < 1.29 is 9.59 Å². The normalized spacial score (nSPS) is 14.0. The molecule has 5 rings (SSSR count). The number of carbonyl (C=O) groups excluding carboxylic acids is 2. The lowest BCUT2D eigenvalue weighted by Gasteiger charge is -2.10. The summed E-state index contributed by atoms with van der Waals surface area (Å²) in [6, 6.07) is 6.85. The predicted octanol–water partition coefficient (Wildman–Crippen LogP) is 3.15. The Kier molecular flexibility index (Phi) is 3.99. The molecule has 2 amide bonds. The molecule has 0 spiro atoms. The van der Waals surface area contributed by atoms with E-state index in [4.69, 9.17) is 0 Å². The van der Waals surface area contributed by atoms with E-state index < -0.39 is 0 Å². The van der Waals surface area contributed by atoms with Gasteiger partial charge in [-0.05, 0) is 37.5 Å². The smallest absolute Gasteiger partial charge is 0.261 e. The van der Waals surface area contributed by atoms with Crippen molar-refractivity contribution in [1.29, 1.82) is 0 Å². The molecule has 3 aromatic heterocycles. The first-order valence-electron chi connectivity index (χ1n) is 10.0. The minimum atomic E-state index is -0.312. The maximum atomic E-state index is 12.7. The number of nitrogens with zero attached hydrogens (tertiary/aromatic N) is 6. The van der Waals surface area contributed by atoms with E-state index >= 15 is 0 Å². The van der Waals surface area contributed by atoms with E-state index in [0.29, 0.717) is 28.5 Å². The van der Waals surface area contributed by atoms with Crippen LogP contribution in [-0.4, -0.2) is 40.9 Å². The van der Waals surface area contributed by atoms with Gasteiger partial charge in [0.15, 0.2) is 11.5 Å². The highest BCUT2D eigenvalue weighted by molar-refractivity contribution is 6.21. The molecule has 8 nitrogen and oxygen atoms in total. The van der Waals surface area contributed by atoms with Crippen molar-refractivity contribution in [3.63, 3.8) is 0 Å². The summed E-state index contributed by atoms with van der Waals surface area (Å²) in [5.41, 5.74) is 4.69. The third-order valence-electron chi connectivity index (χ3n) is 5.72. The summed E-state index contributed by atoms with van der Waals surface area (Å²) < 4.78 is 3.84. The van der Waals surface area contributed by atoms with Gasteiger partial charge in [0.25, 0.3) is 11.8 Å². The van der Waals surface area contributed by atoms with Crippen LogP contribution in [0.15, 0.2) is 30.6 Å². The number of hydrogen-bond donors (Lipinski definition) is 0. The fraction of sp³-hybridized carbons (Fsp3) is 0.318. The zero-order valence-corrected chi connectivity index (χ0v) is 17.4. The Labute approximate surface area is 173 Å². The zero-order valence-electron chi connectivity index (χ0n) is 17.4. The van der Waals surface area contributed by atoms with Gasteiger partial charge in [0, 0.05) is 12.2 Å². The first-order valence-corrected chi connectivity index (χ1v) is 10.0. The molecule has 30 heavy (non-hydrogen) atoms. The number of carbonyl (C=O) groups is 2. The molecule has 0 fully saturated rings. The Morgan fingerprint density at radius 1 is 1.00 bits per heavy atom. The van der Waals surface area contributed by atoms with Crippen LogP contribution in [-0.2, 0) is 13.1 Å². The van der Waals surface area contributed by atoms with Crippen LogP contribution < -0.4 is 0 Å². The summed E-state index contributed by atoms with van der Waals surface area (Å²) in [7, 11) is 0. The topological polar surface area (TPSA) is 85.4 Å². The van der Waals surface area contributed by atoms with Crippen LogP contribution in [0.2, 0.25) is 0 Å². The lowest BCUT2D eigenvalue weighted by atomic mass is 10.1. The SMILES string of the molecule is Cc1c(C)n(CC(C)C)c2ncn3nc(CN4C(=O)c5ccccc5C4=O)nc3c12. The Hall–Kier alpha value is -3.55. The van der Waals surface area contributed by atoms with E-state index in [1.54, 1.807) is 35.1 Å². The molecule has 0 saturated heterocycles. The Morgan fingerprint density at radius 3 is 2.30 bits per heavy atom. The average Bonchev–Trinajstić information content (AvgIpc) is 3.32. The Morgan fingerprint density at radius 2 is 1.67 bits per heavy atom. The van der Waals surface area contributed by atoms with Crippen molar-refractivity contribution in [2.45, 2.75) is 40.8 Å². The number of hydrogen-bond acceptors (Lipinski definition) is 5. The molecule has 1 aromatic carbocycles. The third-order valence-corrected chi connectivity index (χ3v) is 5.72. The molecular formula is C22H22N6O2. The maximum Gasteiger partial charge on any atom is 0.261 e. The van der Waals surface area contributed by atoms with Gasteiger partial charge in [-0.3, -0.25) is 14.5 Å². The van der Waals surface area contributed by atoms with Gasteiger partial charge < -0.3 is 4.57 Å². The van der Waals surface area contributed by atoms with Crippen molar-refractivity contribution in [3.8, 4) is 0 Å². The number of benzene rings is 1. The summed E-state index contributed by atoms with van der Waals surface area (Å²) in [6.07, 6.45) is 1.65. The highest BCUT2D eigenvalue weighted by atomic mass is 16.2. The highest BCUT2D eigenvalue weighted by Crippen LogP contribution is 2.28. The third kappa shape index (κ3) is 2.56. The first-order chi connectivity index (χ1) is 14.4. The second kappa shape index (κ2) is 6.48. The number of aromatic nitrogens is 5. The van der Waals surface area contributed by atoms with Gasteiger partial charge >= 0.3 is 0 Å². The van der Waals surface area contributed by atoms with Crippen LogP contribution in [0.5, 0.6) is 0 Å². The quantitative estimate of drug-likeness (QED) is 0.490. The van der Waals surface area contributed by atoms with Gasteiger partial charge in [-0.2, -0.15) is 0 Å². The summed E-state index contributed by atoms with van der Waals surface area (Å²) in [5.74, 6) is 0.270. The van der Waals surface area contributed by atoms with E-state index in [-0.39, 0.29) is 18.4 Å². The lowest BCUT2D eigenvalue weighted by Crippen LogP contribution is -2.29. The fourth-order valence-electron chi connectivity index (χ4n) is 4.15. The Bertz CT molecular complexity index is 1310. The number of fused-ring (bicyclic) bond motifs is 4. The minimum absolute atomic E-state index is 0.0280. The van der Waals surface area contributed by atoms with Crippen LogP contribution in [0.1, 0.15) is 51.6 Å². The van der Waals surface area contributed by atoms with E-state index in [0.717, 1.165) is 28.8 Å². The molecule has 4 aromatic rings. The van der Waals surface area contributed by atoms with Crippen LogP contribution in [0.25, 0.3) is 16.7 Å². The van der Waals surface area contributed by atoms with Gasteiger partial charge in [-0.1, -0.05) is 26.0 Å². The molecule has 0 aliphatic carbocycles.